The zero-order valence-corrected chi connectivity index (χ0v) is 25.4. The Labute approximate surface area is 242 Å². The lowest BCUT2D eigenvalue weighted by molar-refractivity contribution is -0.144. The number of hydrogen-bond donors (Lipinski definition) is 5. The summed E-state index contributed by atoms with van der Waals surface area (Å²) in [6.07, 6.45) is 15.1. The number of esters is 1. The van der Waals surface area contributed by atoms with E-state index in [0.717, 1.165) is 103 Å². The summed E-state index contributed by atoms with van der Waals surface area (Å²) < 4.78 is 4.81. The van der Waals surface area contributed by atoms with Crippen molar-refractivity contribution in [1.29, 1.82) is 0 Å². The number of aliphatic carboxylic acids is 1. The van der Waals surface area contributed by atoms with Crippen LogP contribution < -0.4 is 22.1 Å². The van der Waals surface area contributed by atoms with Gasteiger partial charge in [0.15, 0.2) is 0 Å². The lowest BCUT2D eigenvalue weighted by Gasteiger charge is -2.17. The second kappa shape index (κ2) is 26.7. The van der Waals surface area contributed by atoms with E-state index >= 15 is 0 Å². The summed E-state index contributed by atoms with van der Waals surface area (Å²) in [6, 6.07) is -1.84. The van der Waals surface area contributed by atoms with Gasteiger partial charge in [0.2, 0.25) is 11.8 Å². The van der Waals surface area contributed by atoms with Gasteiger partial charge in [-0.15, -0.1) is 0 Å². The number of carboxylic acids is 1. The van der Waals surface area contributed by atoms with Crippen LogP contribution in [0.1, 0.15) is 103 Å². The van der Waals surface area contributed by atoms with Crippen molar-refractivity contribution in [1.82, 2.24) is 10.6 Å². The van der Waals surface area contributed by atoms with Gasteiger partial charge in [-0.1, -0.05) is 85.8 Å². The van der Waals surface area contributed by atoms with Crippen LogP contribution in [0.3, 0.4) is 0 Å². The zero-order valence-electron chi connectivity index (χ0n) is 23.8. The van der Waals surface area contributed by atoms with Gasteiger partial charge in [0.05, 0.1) is 7.11 Å². The summed E-state index contributed by atoms with van der Waals surface area (Å²) in [5.74, 6) is -1.75. The molecule has 0 aromatic rings. The zero-order chi connectivity index (χ0) is 29.1. The molecule has 39 heavy (non-hydrogen) atoms. The van der Waals surface area contributed by atoms with Gasteiger partial charge in [-0.2, -0.15) is 0 Å². The molecule has 0 spiro atoms. The number of unbranched alkanes of at least 4 members (excludes halogenated alkanes) is 12. The predicted octanol–water partition coefficient (Wildman–Crippen LogP) is 3.75. The first kappa shape index (κ1) is 37.5. The van der Waals surface area contributed by atoms with Crippen LogP contribution in [0.25, 0.3) is 0 Å². The van der Waals surface area contributed by atoms with E-state index in [1.165, 1.54) is 28.7 Å². The molecule has 12 heteroatoms. The van der Waals surface area contributed by atoms with Crippen LogP contribution in [-0.4, -0.2) is 72.6 Å². The van der Waals surface area contributed by atoms with Crippen molar-refractivity contribution in [3.8, 4) is 0 Å². The Morgan fingerprint density at radius 2 is 1.00 bits per heavy atom. The third-order valence-electron chi connectivity index (χ3n) is 6.22. The highest BCUT2D eigenvalue weighted by atomic mass is 33.1. The number of carboxylic acid groups (broad SMARTS) is 1. The summed E-state index contributed by atoms with van der Waals surface area (Å²) >= 11 is 0. The van der Waals surface area contributed by atoms with Crippen LogP contribution in [0, 0.1) is 0 Å². The highest BCUT2D eigenvalue weighted by molar-refractivity contribution is 8.76. The first-order valence-corrected chi connectivity index (χ1v) is 16.9. The first-order chi connectivity index (χ1) is 18.8. The quantitative estimate of drug-likeness (QED) is 0.0537. The van der Waals surface area contributed by atoms with Gasteiger partial charge in [0.25, 0.3) is 0 Å². The SMILES string of the molecule is COC(=O)C(CSSCC(NC(=O)CCCCCCCCCN)C(=O)O)NC(=O)CCCCCCCCCN. The van der Waals surface area contributed by atoms with E-state index in [1.807, 2.05) is 0 Å². The number of carbonyl (C=O) groups is 4. The molecule has 0 radical (unpaired) electrons. The molecule has 0 bridgehead atoms. The fraction of sp³-hybridized carbons (Fsp3) is 0.852. The van der Waals surface area contributed by atoms with Gasteiger partial charge < -0.3 is 31.9 Å². The Balaban J connectivity index is 4.22. The maximum absolute atomic E-state index is 12.3. The van der Waals surface area contributed by atoms with Crippen molar-refractivity contribution in [2.24, 2.45) is 11.5 Å². The van der Waals surface area contributed by atoms with Crippen LogP contribution in [0.4, 0.5) is 0 Å². The summed E-state index contributed by atoms with van der Waals surface area (Å²) in [5.41, 5.74) is 11.0. The second-order valence-electron chi connectivity index (χ2n) is 9.70. The number of carbonyl (C=O) groups excluding carboxylic acids is 3. The first-order valence-electron chi connectivity index (χ1n) is 14.4. The van der Waals surface area contributed by atoms with Gasteiger partial charge in [-0.05, 0) is 38.8 Å². The van der Waals surface area contributed by atoms with Crippen molar-refractivity contribution in [3.05, 3.63) is 0 Å². The summed E-state index contributed by atoms with van der Waals surface area (Å²) in [7, 11) is 3.76. The summed E-state index contributed by atoms with van der Waals surface area (Å²) in [5, 5.41) is 14.8. The van der Waals surface area contributed by atoms with Gasteiger partial charge in [-0.25, -0.2) is 9.59 Å². The minimum atomic E-state index is -1.10. The maximum atomic E-state index is 12.3. The molecule has 0 aliphatic carbocycles. The highest BCUT2D eigenvalue weighted by Crippen LogP contribution is 2.23. The van der Waals surface area contributed by atoms with E-state index in [1.54, 1.807) is 0 Å². The fourth-order valence-electron chi connectivity index (χ4n) is 3.88. The Morgan fingerprint density at radius 3 is 1.38 bits per heavy atom. The Hall–Kier alpha value is -1.50. The van der Waals surface area contributed by atoms with Crippen molar-refractivity contribution >= 4 is 45.3 Å². The molecule has 0 saturated carbocycles. The lowest BCUT2D eigenvalue weighted by atomic mass is 10.1. The molecule has 0 aromatic carbocycles. The van der Waals surface area contributed by atoms with E-state index < -0.39 is 24.0 Å². The van der Waals surface area contributed by atoms with E-state index in [-0.39, 0.29) is 23.3 Å². The average Bonchev–Trinajstić information content (AvgIpc) is 2.91. The smallest absolute Gasteiger partial charge is 0.329 e. The van der Waals surface area contributed by atoms with Crippen molar-refractivity contribution < 1.29 is 29.0 Å². The molecule has 7 N–H and O–H groups in total. The molecule has 0 heterocycles. The van der Waals surface area contributed by atoms with Gasteiger partial charge >= 0.3 is 11.9 Å². The number of rotatable bonds is 27. The van der Waals surface area contributed by atoms with Crippen LogP contribution >= 0.6 is 21.6 Å². The van der Waals surface area contributed by atoms with Gasteiger partial charge in [0.1, 0.15) is 12.1 Å². The van der Waals surface area contributed by atoms with Crippen LogP contribution in [0.5, 0.6) is 0 Å². The third kappa shape index (κ3) is 23.0. The Bertz CT molecular complexity index is 672. The van der Waals surface area contributed by atoms with Crippen LogP contribution in [0.15, 0.2) is 0 Å². The number of methoxy groups -OCH3 is 1. The Morgan fingerprint density at radius 1 is 0.641 bits per heavy atom. The summed E-state index contributed by atoms with van der Waals surface area (Å²) in [4.78, 5) is 48.2. The van der Waals surface area contributed by atoms with Gasteiger partial charge in [0, 0.05) is 24.3 Å². The normalized spacial score (nSPS) is 12.5. The molecule has 2 atom stereocenters. The standard InChI is InChI=1S/C27H52N4O6S2/c1-37-27(36)23(31-25(33)17-13-9-5-3-7-11-15-19-29)21-39-38-20-22(26(34)35)30-24(32)16-12-8-4-2-6-10-14-18-28/h22-23H,2-21,28-29H2,1H3,(H,30,32)(H,31,33)(H,34,35). The monoisotopic (exact) mass is 592 g/mol. The number of ether oxygens (including phenoxy) is 1. The molecule has 0 rings (SSSR count). The topological polar surface area (TPSA) is 174 Å². The second-order valence-corrected chi connectivity index (χ2v) is 12.3. The van der Waals surface area contributed by atoms with Crippen molar-refractivity contribution in [2.45, 2.75) is 115 Å². The molecular formula is C27H52N4O6S2. The fourth-order valence-corrected chi connectivity index (χ4v) is 6.18. The largest absolute Gasteiger partial charge is 0.480 e. The highest BCUT2D eigenvalue weighted by Gasteiger charge is 2.23. The molecule has 0 aromatic heterocycles. The average molecular weight is 593 g/mol. The maximum Gasteiger partial charge on any atom is 0.329 e. The van der Waals surface area contributed by atoms with Crippen molar-refractivity contribution in [3.63, 3.8) is 0 Å². The predicted molar refractivity (Wildman–Crippen MR) is 160 cm³/mol. The van der Waals surface area contributed by atoms with E-state index in [9.17, 15) is 24.3 Å². The minimum absolute atomic E-state index is 0.139. The third-order valence-corrected chi connectivity index (χ3v) is 8.64. The van der Waals surface area contributed by atoms with E-state index in [2.05, 4.69) is 10.6 Å². The molecular weight excluding hydrogens is 540 g/mol. The minimum Gasteiger partial charge on any atom is -0.480 e. The number of hydrogen-bond acceptors (Lipinski definition) is 9. The summed E-state index contributed by atoms with van der Waals surface area (Å²) in [6.45, 7) is 1.45. The van der Waals surface area contributed by atoms with Gasteiger partial charge in [-0.3, -0.25) is 9.59 Å². The number of amides is 2. The van der Waals surface area contributed by atoms with Crippen LogP contribution in [-0.2, 0) is 23.9 Å². The van der Waals surface area contributed by atoms with E-state index in [4.69, 9.17) is 16.2 Å². The number of nitrogens with two attached hydrogens (primary N) is 2. The lowest BCUT2D eigenvalue weighted by Crippen LogP contribution is -2.43. The molecule has 0 fully saturated rings. The molecule has 0 aliphatic rings. The Kier molecular flexibility index (Phi) is 25.7. The van der Waals surface area contributed by atoms with Crippen molar-refractivity contribution in [2.75, 3.05) is 31.7 Å². The molecule has 228 valence electrons. The molecule has 0 aliphatic heterocycles. The molecule has 0 saturated heterocycles. The molecule has 2 unspecified atom stereocenters. The van der Waals surface area contributed by atoms with Crippen LogP contribution in [0.2, 0.25) is 0 Å². The number of nitrogens with one attached hydrogen (secondary N) is 2. The molecule has 2 amide bonds. The molecule has 10 nitrogen and oxygen atoms in total. The van der Waals surface area contributed by atoms with E-state index in [0.29, 0.717) is 12.8 Å².